The van der Waals surface area contributed by atoms with Gasteiger partial charge >= 0.3 is 0 Å². The quantitative estimate of drug-likeness (QED) is 0.671. The molecule has 3 nitrogen and oxygen atoms in total. The SMILES string of the molecule is Cn1cc(C(=O)C2COc3ccccc32)c2ccccc21. The Balaban J connectivity index is 1.82. The summed E-state index contributed by atoms with van der Waals surface area (Å²) in [5, 5.41) is 1.01. The second-order valence-electron chi connectivity index (χ2n) is 5.44. The van der Waals surface area contributed by atoms with Crippen LogP contribution in [0.3, 0.4) is 0 Å². The van der Waals surface area contributed by atoms with Crippen LogP contribution in [0.2, 0.25) is 0 Å². The van der Waals surface area contributed by atoms with E-state index in [1.165, 1.54) is 0 Å². The average molecular weight is 277 g/mol. The molecule has 2 aromatic carbocycles. The largest absolute Gasteiger partial charge is 0.492 e. The number of hydrogen-bond donors (Lipinski definition) is 0. The molecule has 0 spiro atoms. The molecule has 0 fully saturated rings. The van der Waals surface area contributed by atoms with E-state index >= 15 is 0 Å². The van der Waals surface area contributed by atoms with Crippen LogP contribution in [0.4, 0.5) is 0 Å². The van der Waals surface area contributed by atoms with E-state index in [1.54, 1.807) is 0 Å². The Morgan fingerprint density at radius 3 is 2.81 bits per heavy atom. The monoisotopic (exact) mass is 277 g/mol. The minimum absolute atomic E-state index is 0.136. The molecule has 2 heterocycles. The van der Waals surface area contributed by atoms with Crippen molar-refractivity contribution in [2.75, 3.05) is 6.61 Å². The van der Waals surface area contributed by atoms with Crippen LogP contribution in [0.15, 0.2) is 54.7 Å². The first-order valence-corrected chi connectivity index (χ1v) is 7.05. The minimum atomic E-state index is -0.202. The summed E-state index contributed by atoms with van der Waals surface area (Å²) in [5.41, 5.74) is 2.85. The molecule has 21 heavy (non-hydrogen) atoms. The van der Waals surface area contributed by atoms with Gasteiger partial charge in [0.15, 0.2) is 5.78 Å². The molecule has 0 saturated heterocycles. The van der Waals surface area contributed by atoms with Crippen LogP contribution in [0.25, 0.3) is 10.9 Å². The molecule has 1 aliphatic heterocycles. The van der Waals surface area contributed by atoms with Gasteiger partial charge in [-0.2, -0.15) is 0 Å². The highest BCUT2D eigenvalue weighted by molar-refractivity contribution is 6.11. The third-order valence-electron chi connectivity index (χ3n) is 4.18. The smallest absolute Gasteiger partial charge is 0.176 e. The second kappa shape index (κ2) is 4.48. The van der Waals surface area contributed by atoms with Crippen molar-refractivity contribution in [1.29, 1.82) is 0 Å². The Morgan fingerprint density at radius 2 is 1.90 bits per heavy atom. The molecule has 0 radical (unpaired) electrons. The number of carbonyl (C=O) groups excluding carboxylic acids is 1. The number of aromatic nitrogens is 1. The van der Waals surface area contributed by atoms with Gasteiger partial charge in [-0.05, 0) is 12.1 Å². The summed E-state index contributed by atoms with van der Waals surface area (Å²) in [4.78, 5) is 12.9. The first kappa shape index (κ1) is 12.2. The Hall–Kier alpha value is -2.55. The van der Waals surface area contributed by atoms with Crippen molar-refractivity contribution in [3.63, 3.8) is 0 Å². The fraction of sp³-hybridized carbons (Fsp3) is 0.167. The first-order chi connectivity index (χ1) is 10.3. The van der Waals surface area contributed by atoms with Gasteiger partial charge in [-0.3, -0.25) is 4.79 Å². The zero-order valence-electron chi connectivity index (χ0n) is 11.7. The van der Waals surface area contributed by atoms with Crippen molar-refractivity contribution >= 4 is 16.7 Å². The van der Waals surface area contributed by atoms with Gasteiger partial charge in [0.25, 0.3) is 0 Å². The summed E-state index contributed by atoms with van der Waals surface area (Å²) in [6, 6.07) is 15.8. The summed E-state index contributed by atoms with van der Waals surface area (Å²) >= 11 is 0. The van der Waals surface area contributed by atoms with E-state index in [-0.39, 0.29) is 11.7 Å². The topological polar surface area (TPSA) is 31.2 Å². The van der Waals surface area contributed by atoms with Crippen LogP contribution < -0.4 is 4.74 Å². The Bertz CT molecular complexity index is 847. The molecule has 1 aromatic heterocycles. The number of fused-ring (bicyclic) bond motifs is 2. The number of ether oxygens (including phenoxy) is 1. The van der Waals surface area contributed by atoms with Gasteiger partial charge in [-0.25, -0.2) is 0 Å². The lowest BCUT2D eigenvalue weighted by molar-refractivity contribution is 0.0949. The lowest BCUT2D eigenvalue weighted by Gasteiger charge is -2.06. The average Bonchev–Trinajstić information content (AvgIpc) is 3.09. The lowest BCUT2D eigenvalue weighted by atomic mass is 9.92. The summed E-state index contributed by atoms with van der Waals surface area (Å²) in [7, 11) is 1.97. The van der Waals surface area contributed by atoms with Crippen molar-refractivity contribution in [1.82, 2.24) is 4.57 Å². The van der Waals surface area contributed by atoms with Gasteiger partial charge in [0.2, 0.25) is 0 Å². The molecule has 0 N–H and O–H groups in total. The minimum Gasteiger partial charge on any atom is -0.492 e. The van der Waals surface area contributed by atoms with E-state index in [9.17, 15) is 4.79 Å². The number of rotatable bonds is 2. The van der Waals surface area contributed by atoms with Crippen molar-refractivity contribution in [3.8, 4) is 5.75 Å². The number of aryl methyl sites for hydroxylation is 1. The lowest BCUT2D eigenvalue weighted by Crippen LogP contribution is -2.14. The predicted octanol–water partition coefficient (Wildman–Crippen LogP) is 3.54. The number of hydrogen-bond acceptors (Lipinski definition) is 2. The predicted molar refractivity (Wildman–Crippen MR) is 81.9 cm³/mol. The van der Waals surface area contributed by atoms with E-state index < -0.39 is 0 Å². The molecular weight excluding hydrogens is 262 g/mol. The van der Waals surface area contributed by atoms with E-state index in [0.717, 1.165) is 27.8 Å². The molecule has 0 amide bonds. The third-order valence-corrected chi connectivity index (χ3v) is 4.18. The first-order valence-electron chi connectivity index (χ1n) is 7.05. The van der Waals surface area contributed by atoms with Crippen LogP contribution in [-0.2, 0) is 7.05 Å². The van der Waals surface area contributed by atoms with E-state index in [1.807, 2.05) is 66.3 Å². The van der Waals surface area contributed by atoms with Crippen LogP contribution in [-0.4, -0.2) is 17.0 Å². The number of nitrogens with zero attached hydrogens (tertiary/aromatic N) is 1. The maximum Gasteiger partial charge on any atom is 0.176 e. The zero-order chi connectivity index (χ0) is 14.4. The zero-order valence-corrected chi connectivity index (χ0v) is 11.7. The van der Waals surface area contributed by atoms with Gasteiger partial charge in [-0.1, -0.05) is 36.4 Å². The van der Waals surface area contributed by atoms with Crippen LogP contribution in [0.1, 0.15) is 21.8 Å². The van der Waals surface area contributed by atoms with Gasteiger partial charge in [0, 0.05) is 35.3 Å². The Kier molecular flexibility index (Phi) is 2.61. The summed E-state index contributed by atoms with van der Waals surface area (Å²) in [5.74, 6) is 0.764. The highest BCUT2D eigenvalue weighted by Crippen LogP contribution is 2.36. The van der Waals surface area contributed by atoms with Crippen molar-refractivity contribution in [3.05, 3.63) is 65.9 Å². The number of ketones is 1. The molecule has 4 rings (SSSR count). The van der Waals surface area contributed by atoms with Gasteiger partial charge in [0.05, 0.1) is 5.92 Å². The maximum atomic E-state index is 12.9. The molecule has 104 valence electrons. The fourth-order valence-corrected chi connectivity index (χ4v) is 3.11. The molecule has 0 saturated carbocycles. The van der Waals surface area contributed by atoms with Gasteiger partial charge in [-0.15, -0.1) is 0 Å². The summed E-state index contributed by atoms with van der Waals surface area (Å²) < 4.78 is 7.65. The maximum absolute atomic E-state index is 12.9. The highest BCUT2D eigenvalue weighted by atomic mass is 16.5. The summed E-state index contributed by atoms with van der Waals surface area (Å²) in [6.07, 6.45) is 1.92. The van der Waals surface area contributed by atoms with Crippen LogP contribution in [0.5, 0.6) is 5.75 Å². The number of para-hydroxylation sites is 2. The Morgan fingerprint density at radius 1 is 1.14 bits per heavy atom. The van der Waals surface area contributed by atoms with Crippen molar-refractivity contribution < 1.29 is 9.53 Å². The molecule has 1 aliphatic rings. The van der Waals surface area contributed by atoms with Crippen molar-refractivity contribution in [2.24, 2.45) is 7.05 Å². The van der Waals surface area contributed by atoms with Crippen LogP contribution in [0, 0.1) is 0 Å². The molecular formula is C18H15NO2. The Labute approximate surface area is 122 Å². The van der Waals surface area contributed by atoms with Gasteiger partial charge in [0.1, 0.15) is 12.4 Å². The number of carbonyl (C=O) groups is 1. The molecule has 0 aliphatic carbocycles. The number of Topliss-reactive ketones (excluding diaryl/α,β-unsaturated/α-hetero) is 1. The second-order valence-corrected chi connectivity index (χ2v) is 5.44. The summed E-state index contributed by atoms with van der Waals surface area (Å²) in [6.45, 7) is 0.432. The number of benzene rings is 2. The normalized spacial score (nSPS) is 16.7. The molecule has 0 bridgehead atoms. The molecule has 1 atom stereocenters. The standard InChI is InChI=1S/C18H15NO2/c1-19-10-14(12-6-2-4-8-16(12)19)18(20)15-11-21-17-9-5-3-7-13(15)17/h2-10,15H,11H2,1H3. The van der Waals surface area contributed by atoms with E-state index in [0.29, 0.717) is 6.61 Å². The fourth-order valence-electron chi connectivity index (χ4n) is 3.11. The molecule has 3 heteroatoms. The van der Waals surface area contributed by atoms with E-state index in [2.05, 4.69) is 0 Å². The van der Waals surface area contributed by atoms with Crippen molar-refractivity contribution in [2.45, 2.75) is 5.92 Å². The van der Waals surface area contributed by atoms with Gasteiger partial charge < -0.3 is 9.30 Å². The highest BCUT2D eigenvalue weighted by Gasteiger charge is 2.32. The van der Waals surface area contributed by atoms with Crippen LogP contribution >= 0.6 is 0 Å². The molecule has 1 unspecified atom stereocenters. The molecule has 3 aromatic rings. The van der Waals surface area contributed by atoms with E-state index in [4.69, 9.17) is 4.74 Å². The third kappa shape index (κ3) is 1.77.